The molecule has 0 spiro atoms. The Balaban J connectivity index is 2.06. The van der Waals surface area contributed by atoms with Crippen LogP contribution >= 0.6 is 0 Å². The van der Waals surface area contributed by atoms with Crippen LogP contribution in [0.25, 0.3) is 0 Å². The molecule has 116 valence electrons. The summed E-state index contributed by atoms with van der Waals surface area (Å²) in [5, 5.41) is 20.6. The van der Waals surface area contributed by atoms with E-state index in [0.717, 1.165) is 11.1 Å². The highest BCUT2D eigenvalue weighted by atomic mass is 16.3. The number of aliphatic hydroxyl groups excluding tert-OH is 2. The molecule has 0 unspecified atom stereocenters. The van der Waals surface area contributed by atoms with Gasteiger partial charge in [0.15, 0.2) is 0 Å². The van der Waals surface area contributed by atoms with Gasteiger partial charge in [-0.15, -0.1) is 0 Å². The van der Waals surface area contributed by atoms with Crippen molar-refractivity contribution in [1.82, 2.24) is 0 Å². The van der Waals surface area contributed by atoms with Crippen molar-refractivity contribution < 1.29 is 15.0 Å². The molecule has 2 aromatic carbocycles. The van der Waals surface area contributed by atoms with Crippen LogP contribution in [-0.4, -0.2) is 16.0 Å². The molecular weight excluding hydrogens is 276 g/mol. The van der Waals surface area contributed by atoms with Crippen LogP contribution in [0.5, 0.6) is 0 Å². The highest BCUT2D eigenvalue weighted by molar-refractivity contribution is 5.82. The molecule has 0 amide bonds. The van der Waals surface area contributed by atoms with Crippen LogP contribution in [0.4, 0.5) is 0 Å². The van der Waals surface area contributed by atoms with Gasteiger partial charge in [-0.3, -0.25) is 4.79 Å². The molecule has 0 aromatic heterocycles. The zero-order valence-corrected chi connectivity index (χ0v) is 12.7. The van der Waals surface area contributed by atoms with Gasteiger partial charge in [0.2, 0.25) is 0 Å². The number of aliphatic hydroxyl groups is 2. The number of hydrogen-bond donors (Lipinski definition) is 2. The summed E-state index contributed by atoms with van der Waals surface area (Å²) < 4.78 is 0. The molecule has 0 saturated heterocycles. The third-order valence-electron chi connectivity index (χ3n) is 3.95. The molecule has 22 heavy (non-hydrogen) atoms. The van der Waals surface area contributed by atoms with Gasteiger partial charge >= 0.3 is 0 Å². The number of Topliss-reactive ketones (excluding diaryl/α,β-unsaturated/α-hetero) is 1. The summed E-state index contributed by atoms with van der Waals surface area (Å²) in [6, 6.07) is 18.3. The summed E-state index contributed by atoms with van der Waals surface area (Å²) in [5.41, 5.74) is 1.46. The first-order valence-electron chi connectivity index (χ1n) is 7.62. The van der Waals surface area contributed by atoms with Crippen molar-refractivity contribution in [3.8, 4) is 0 Å². The fourth-order valence-electron chi connectivity index (χ4n) is 2.64. The molecule has 0 radical (unpaired) electrons. The smallest absolute Gasteiger partial charge is 0.141 e. The van der Waals surface area contributed by atoms with Crippen LogP contribution in [0.1, 0.15) is 43.1 Å². The summed E-state index contributed by atoms with van der Waals surface area (Å²) in [7, 11) is 0. The third-order valence-corrected chi connectivity index (χ3v) is 3.95. The molecule has 2 N–H and O–H groups in total. The van der Waals surface area contributed by atoms with Crippen molar-refractivity contribution in [2.75, 3.05) is 0 Å². The van der Waals surface area contributed by atoms with E-state index >= 15 is 0 Å². The monoisotopic (exact) mass is 298 g/mol. The van der Waals surface area contributed by atoms with E-state index < -0.39 is 18.1 Å². The Morgan fingerprint density at radius 2 is 1.41 bits per heavy atom. The average Bonchev–Trinajstić information content (AvgIpc) is 2.57. The van der Waals surface area contributed by atoms with Crippen molar-refractivity contribution in [3.05, 3.63) is 71.8 Å². The minimum atomic E-state index is -0.832. The Morgan fingerprint density at radius 3 is 1.91 bits per heavy atom. The predicted octanol–water partition coefficient (Wildman–Crippen LogP) is 3.44. The zero-order chi connectivity index (χ0) is 15.9. The number of benzene rings is 2. The number of carbonyl (C=O) groups excluding carboxylic acids is 1. The molecular formula is C19H22O3. The van der Waals surface area contributed by atoms with Crippen molar-refractivity contribution >= 4 is 5.78 Å². The first-order chi connectivity index (χ1) is 10.6. The molecule has 3 nitrogen and oxygen atoms in total. The standard InChI is InChI=1S/C19H22O3/c1-2-16(19(22)15-11-7-4-8-12-15)18(21)13-17(20)14-9-5-3-6-10-14/h3-12,16-17,19-20,22H,2,13H2,1H3/t16-,17+,19-/m0/s1. The summed E-state index contributed by atoms with van der Waals surface area (Å²) >= 11 is 0. The van der Waals surface area contributed by atoms with E-state index in [9.17, 15) is 15.0 Å². The number of hydrogen-bond acceptors (Lipinski definition) is 3. The first-order valence-corrected chi connectivity index (χ1v) is 7.62. The Kier molecular flexibility index (Phi) is 5.87. The van der Waals surface area contributed by atoms with E-state index in [-0.39, 0.29) is 12.2 Å². The topological polar surface area (TPSA) is 57.5 Å². The maximum atomic E-state index is 12.5. The van der Waals surface area contributed by atoms with Crippen molar-refractivity contribution in [2.45, 2.75) is 32.0 Å². The molecule has 0 heterocycles. The van der Waals surface area contributed by atoms with Gasteiger partial charge in [-0.05, 0) is 17.5 Å². The first kappa shape index (κ1) is 16.4. The number of ketones is 1. The van der Waals surface area contributed by atoms with Crippen molar-refractivity contribution in [1.29, 1.82) is 0 Å². The van der Waals surface area contributed by atoms with Crippen LogP contribution in [-0.2, 0) is 4.79 Å². The molecule has 0 fully saturated rings. The number of carbonyl (C=O) groups is 1. The Hall–Kier alpha value is -1.97. The van der Waals surface area contributed by atoms with E-state index in [2.05, 4.69) is 0 Å². The predicted molar refractivity (Wildman–Crippen MR) is 86.2 cm³/mol. The van der Waals surface area contributed by atoms with Crippen LogP contribution in [0.15, 0.2) is 60.7 Å². The van der Waals surface area contributed by atoms with Crippen molar-refractivity contribution in [3.63, 3.8) is 0 Å². The van der Waals surface area contributed by atoms with Crippen LogP contribution in [0, 0.1) is 5.92 Å². The fraction of sp³-hybridized carbons (Fsp3) is 0.316. The highest BCUT2D eigenvalue weighted by Crippen LogP contribution is 2.28. The largest absolute Gasteiger partial charge is 0.388 e. The maximum Gasteiger partial charge on any atom is 0.141 e. The molecule has 3 atom stereocenters. The lowest BCUT2D eigenvalue weighted by Gasteiger charge is -2.22. The average molecular weight is 298 g/mol. The number of rotatable bonds is 7. The zero-order valence-electron chi connectivity index (χ0n) is 12.7. The lowest BCUT2D eigenvalue weighted by atomic mass is 9.86. The summed E-state index contributed by atoms with van der Waals surface area (Å²) in [6.45, 7) is 1.88. The minimum Gasteiger partial charge on any atom is -0.388 e. The normalized spacial score (nSPS) is 15.0. The molecule has 0 bridgehead atoms. The van der Waals surface area contributed by atoms with E-state index in [4.69, 9.17) is 0 Å². The summed E-state index contributed by atoms with van der Waals surface area (Å²) in [6.07, 6.45) is -1.10. The SMILES string of the molecule is CC[C@@H](C(=O)C[C@@H](O)c1ccccc1)[C@@H](O)c1ccccc1. The second-order valence-corrected chi connectivity index (χ2v) is 5.47. The van der Waals surface area contributed by atoms with Gasteiger partial charge in [-0.2, -0.15) is 0 Å². The Morgan fingerprint density at radius 1 is 0.909 bits per heavy atom. The van der Waals surface area contributed by atoms with Gasteiger partial charge in [0, 0.05) is 12.3 Å². The van der Waals surface area contributed by atoms with Gasteiger partial charge in [-0.1, -0.05) is 67.6 Å². The van der Waals surface area contributed by atoms with E-state index in [1.807, 2.05) is 55.5 Å². The minimum absolute atomic E-state index is 0.0203. The van der Waals surface area contributed by atoms with Gasteiger partial charge in [-0.25, -0.2) is 0 Å². The Bertz CT molecular complexity index is 580. The quantitative estimate of drug-likeness (QED) is 0.823. The van der Waals surface area contributed by atoms with Crippen LogP contribution < -0.4 is 0 Å². The lowest BCUT2D eigenvalue weighted by Crippen LogP contribution is -2.23. The van der Waals surface area contributed by atoms with Gasteiger partial charge in [0.1, 0.15) is 5.78 Å². The third kappa shape index (κ3) is 4.03. The molecule has 0 aliphatic carbocycles. The summed E-state index contributed by atoms with van der Waals surface area (Å²) in [4.78, 5) is 12.5. The van der Waals surface area contributed by atoms with Crippen LogP contribution in [0.2, 0.25) is 0 Å². The Labute approximate surface area is 131 Å². The highest BCUT2D eigenvalue weighted by Gasteiger charge is 2.27. The summed E-state index contributed by atoms with van der Waals surface area (Å²) in [5.74, 6) is -0.615. The molecule has 2 aromatic rings. The van der Waals surface area contributed by atoms with Gasteiger partial charge in [0.05, 0.1) is 12.2 Å². The lowest BCUT2D eigenvalue weighted by molar-refractivity contribution is -0.128. The molecule has 0 aliphatic heterocycles. The molecule has 0 saturated carbocycles. The van der Waals surface area contributed by atoms with Crippen molar-refractivity contribution in [2.24, 2.45) is 5.92 Å². The molecule has 0 aliphatic rings. The van der Waals surface area contributed by atoms with Gasteiger partial charge < -0.3 is 10.2 Å². The second kappa shape index (κ2) is 7.87. The molecule has 2 rings (SSSR count). The van der Waals surface area contributed by atoms with Gasteiger partial charge in [0.25, 0.3) is 0 Å². The second-order valence-electron chi connectivity index (χ2n) is 5.47. The van der Waals surface area contributed by atoms with E-state index in [0.29, 0.717) is 6.42 Å². The molecule has 3 heteroatoms. The maximum absolute atomic E-state index is 12.5. The fourth-order valence-corrected chi connectivity index (χ4v) is 2.64. The van der Waals surface area contributed by atoms with E-state index in [1.54, 1.807) is 12.1 Å². The van der Waals surface area contributed by atoms with E-state index in [1.165, 1.54) is 0 Å². The van der Waals surface area contributed by atoms with Crippen LogP contribution in [0.3, 0.4) is 0 Å².